The van der Waals surface area contributed by atoms with Gasteiger partial charge >= 0.3 is 0 Å². The lowest BCUT2D eigenvalue weighted by molar-refractivity contribution is 0.139. The van der Waals surface area contributed by atoms with Crippen molar-refractivity contribution in [1.82, 2.24) is 5.32 Å². The van der Waals surface area contributed by atoms with Crippen molar-refractivity contribution in [3.63, 3.8) is 0 Å². The maximum absolute atomic E-state index is 6.50. The molecule has 1 aromatic rings. The highest BCUT2D eigenvalue weighted by molar-refractivity contribution is 6.33. The molecule has 0 amide bonds. The van der Waals surface area contributed by atoms with Gasteiger partial charge in [-0.2, -0.15) is 0 Å². The van der Waals surface area contributed by atoms with Crippen molar-refractivity contribution >= 4 is 17.3 Å². The first kappa shape index (κ1) is 15.1. The average molecular weight is 309 g/mol. The fourth-order valence-electron chi connectivity index (χ4n) is 3.16. The van der Waals surface area contributed by atoms with Crippen LogP contribution in [0.3, 0.4) is 0 Å². The molecule has 3 rings (SSSR count). The van der Waals surface area contributed by atoms with Crippen molar-refractivity contribution < 1.29 is 4.74 Å². The highest BCUT2D eigenvalue weighted by Crippen LogP contribution is 2.33. The highest BCUT2D eigenvalue weighted by atomic mass is 35.5. The SMILES string of the molecule is COCC1CCN(c2c(Cl)cccc2CNC2CC2)CC1. The Balaban J connectivity index is 1.68. The number of methoxy groups -OCH3 is 1. The van der Waals surface area contributed by atoms with Crippen LogP contribution in [0.1, 0.15) is 31.2 Å². The van der Waals surface area contributed by atoms with Gasteiger partial charge in [0, 0.05) is 39.4 Å². The number of hydrogen-bond donors (Lipinski definition) is 1. The van der Waals surface area contributed by atoms with Crippen LogP contribution in [0, 0.1) is 5.92 Å². The van der Waals surface area contributed by atoms with Crippen molar-refractivity contribution in [2.24, 2.45) is 5.92 Å². The van der Waals surface area contributed by atoms with E-state index in [-0.39, 0.29) is 0 Å². The minimum Gasteiger partial charge on any atom is -0.384 e. The van der Waals surface area contributed by atoms with E-state index in [1.54, 1.807) is 7.11 Å². The zero-order valence-corrected chi connectivity index (χ0v) is 13.5. The maximum Gasteiger partial charge on any atom is 0.0642 e. The summed E-state index contributed by atoms with van der Waals surface area (Å²) in [7, 11) is 1.79. The van der Waals surface area contributed by atoms with Crippen molar-refractivity contribution in [3.8, 4) is 0 Å². The average Bonchev–Trinajstić information content (AvgIpc) is 3.31. The maximum atomic E-state index is 6.50. The molecule has 0 aromatic heterocycles. The monoisotopic (exact) mass is 308 g/mol. The van der Waals surface area contributed by atoms with E-state index in [0.717, 1.165) is 37.3 Å². The Bertz CT molecular complexity index is 468. The lowest BCUT2D eigenvalue weighted by atomic mass is 9.96. The van der Waals surface area contributed by atoms with Crippen molar-refractivity contribution in [1.29, 1.82) is 0 Å². The van der Waals surface area contributed by atoms with Crippen molar-refractivity contribution in [2.75, 3.05) is 31.7 Å². The zero-order valence-electron chi connectivity index (χ0n) is 12.8. The van der Waals surface area contributed by atoms with Gasteiger partial charge in [0.15, 0.2) is 0 Å². The number of nitrogens with one attached hydrogen (secondary N) is 1. The van der Waals surface area contributed by atoms with Crippen LogP contribution < -0.4 is 10.2 Å². The third-order valence-corrected chi connectivity index (χ3v) is 4.87. The summed E-state index contributed by atoms with van der Waals surface area (Å²) in [5.74, 6) is 0.696. The Morgan fingerprint density at radius 3 is 2.67 bits per heavy atom. The van der Waals surface area contributed by atoms with Crippen LogP contribution in [-0.4, -0.2) is 32.8 Å². The number of nitrogens with zero attached hydrogens (tertiary/aromatic N) is 1. The Labute approximate surface area is 132 Å². The summed E-state index contributed by atoms with van der Waals surface area (Å²) in [5, 5.41) is 4.49. The van der Waals surface area contributed by atoms with E-state index in [9.17, 15) is 0 Å². The predicted octanol–water partition coefficient (Wildman–Crippen LogP) is 3.45. The number of ether oxygens (including phenoxy) is 1. The first-order chi connectivity index (χ1) is 10.3. The Hall–Kier alpha value is -0.770. The number of halogens is 1. The first-order valence-corrected chi connectivity index (χ1v) is 8.40. The molecule has 1 aliphatic heterocycles. The summed E-state index contributed by atoms with van der Waals surface area (Å²) in [6.07, 6.45) is 5.01. The van der Waals surface area contributed by atoms with Gasteiger partial charge in [0.1, 0.15) is 0 Å². The number of para-hydroxylation sites is 1. The molecule has 1 saturated heterocycles. The van der Waals surface area contributed by atoms with Crippen LogP contribution in [0.2, 0.25) is 5.02 Å². The smallest absolute Gasteiger partial charge is 0.0642 e. The number of benzene rings is 1. The molecule has 116 valence electrons. The first-order valence-electron chi connectivity index (χ1n) is 8.02. The number of piperidine rings is 1. The standard InChI is InChI=1S/C17H25ClN2O/c1-21-12-13-7-9-20(10-8-13)17-14(3-2-4-16(17)18)11-19-15-5-6-15/h2-4,13,15,19H,5-12H2,1H3. The molecule has 2 aliphatic rings. The molecule has 0 spiro atoms. The van der Waals surface area contributed by atoms with E-state index in [4.69, 9.17) is 16.3 Å². The Morgan fingerprint density at radius 2 is 2.00 bits per heavy atom. The van der Waals surface area contributed by atoms with Gasteiger partial charge in [0.25, 0.3) is 0 Å². The van der Waals surface area contributed by atoms with E-state index in [1.807, 2.05) is 6.07 Å². The van der Waals surface area contributed by atoms with Crippen molar-refractivity contribution in [3.05, 3.63) is 28.8 Å². The van der Waals surface area contributed by atoms with Crippen molar-refractivity contribution in [2.45, 2.75) is 38.3 Å². The molecule has 0 atom stereocenters. The molecule has 1 aliphatic carbocycles. The van der Waals surface area contributed by atoms with Crippen LogP contribution in [0.4, 0.5) is 5.69 Å². The summed E-state index contributed by atoms with van der Waals surface area (Å²) < 4.78 is 5.29. The summed E-state index contributed by atoms with van der Waals surface area (Å²) in [5.41, 5.74) is 2.57. The molecule has 21 heavy (non-hydrogen) atoms. The molecular weight excluding hydrogens is 284 g/mol. The minimum atomic E-state index is 0.696. The summed E-state index contributed by atoms with van der Waals surface area (Å²) in [4.78, 5) is 2.46. The largest absolute Gasteiger partial charge is 0.384 e. The Kier molecular flexibility index (Phi) is 5.04. The Morgan fingerprint density at radius 1 is 1.24 bits per heavy atom. The minimum absolute atomic E-state index is 0.696. The second-order valence-electron chi connectivity index (χ2n) is 6.29. The molecular formula is C17H25ClN2O. The molecule has 1 aromatic carbocycles. The quantitative estimate of drug-likeness (QED) is 0.871. The van der Waals surface area contributed by atoms with Gasteiger partial charge in [-0.25, -0.2) is 0 Å². The predicted molar refractivity (Wildman–Crippen MR) is 88.1 cm³/mol. The lowest BCUT2D eigenvalue weighted by Crippen LogP contribution is -2.36. The van der Waals surface area contributed by atoms with E-state index < -0.39 is 0 Å². The highest BCUT2D eigenvalue weighted by Gasteiger charge is 2.24. The van der Waals surface area contributed by atoms with E-state index in [2.05, 4.69) is 22.3 Å². The molecule has 4 heteroatoms. The summed E-state index contributed by atoms with van der Waals surface area (Å²) in [6.45, 7) is 3.97. The van der Waals surface area contributed by atoms with Gasteiger partial charge in [-0.05, 0) is 43.2 Å². The molecule has 0 bridgehead atoms. The molecule has 1 N–H and O–H groups in total. The zero-order chi connectivity index (χ0) is 14.7. The van der Waals surface area contributed by atoms with Crippen LogP contribution in [0.25, 0.3) is 0 Å². The van der Waals surface area contributed by atoms with Gasteiger partial charge in [0.2, 0.25) is 0 Å². The fourth-order valence-corrected chi connectivity index (χ4v) is 3.47. The van der Waals surface area contributed by atoms with Crippen LogP contribution in [0.15, 0.2) is 18.2 Å². The van der Waals surface area contributed by atoms with Crippen LogP contribution in [0.5, 0.6) is 0 Å². The molecule has 2 fully saturated rings. The number of anilines is 1. The van der Waals surface area contributed by atoms with Crippen LogP contribution in [-0.2, 0) is 11.3 Å². The summed E-state index contributed by atoms with van der Waals surface area (Å²) in [6, 6.07) is 7.01. The third kappa shape index (κ3) is 3.91. The van der Waals surface area contributed by atoms with E-state index in [0.29, 0.717) is 5.92 Å². The number of hydrogen-bond acceptors (Lipinski definition) is 3. The van der Waals surface area contributed by atoms with Gasteiger partial charge in [-0.1, -0.05) is 23.7 Å². The summed E-state index contributed by atoms with van der Waals surface area (Å²) >= 11 is 6.50. The van der Waals surface area contributed by atoms with Gasteiger partial charge < -0.3 is 15.0 Å². The fraction of sp³-hybridized carbons (Fsp3) is 0.647. The van der Waals surface area contributed by atoms with Crippen LogP contribution >= 0.6 is 11.6 Å². The van der Waals surface area contributed by atoms with E-state index in [1.165, 1.54) is 36.9 Å². The molecule has 1 saturated carbocycles. The second-order valence-corrected chi connectivity index (χ2v) is 6.70. The molecule has 1 heterocycles. The van der Waals surface area contributed by atoms with Gasteiger partial charge in [0.05, 0.1) is 10.7 Å². The normalized spacial score (nSPS) is 20.0. The van der Waals surface area contributed by atoms with Gasteiger partial charge in [-0.3, -0.25) is 0 Å². The second kappa shape index (κ2) is 6.99. The lowest BCUT2D eigenvalue weighted by Gasteiger charge is -2.35. The molecule has 3 nitrogen and oxygen atoms in total. The topological polar surface area (TPSA) is 24.5 Å². The van der Waals surface area contributed by atoms with Gasteiger partial charge in [-0.15, -0.1) is 0 Å². The molecule has 0 unspecified atom stereocenters. The number of rotatable bonds is 6. The van der Waals surface area contributed by atoms with E-state index >= 15 is 0 Å². The third-order valence-electron chi connectivity index (χ3n) is 4.56. The molecule has 0 radical (unpaired) electrons.